The van der Waals surface area contributed by atoms with Gasteiger partial charge in [-0.15, -0.1) is 0 Å². The Balaban J connectivity index is 1.79. The molecule has 0 aromatic carbocycles. The Hall–Kier alpha value is -1.60. The van der Waals surface area contributed by atoms with Gasteiger partial charge in [-0.1, -0.05) is 13.8 Å². The summed E-state index contributed by atoms with van der Waals surface area (Å²) in [6, 6.07) is 0. The van der Waals surface area contributed by atoms with Crippen molar-refractivity contribution in [3.63, 3.8) is 0 Å². The van der Waals surface area contributed by atoms with Crippen LogP contribution in [-0.2, 0) is 0 Å². The van der Waals surface area contributed by atoms with Gasteiger partial charge in [0.15, 0.2) is 5.69 Å². The Morgan fingerprint density at radius 1 is 1.38 bits per heavy atom. The molecule has 0 spiro atoms. The third-order valence-corrected chi connectivity index (χ3v) is 3.94. The van der Waals surface area contributed by atoms with Crippen molar-refractivity contribution in [1.82, 2.24) is 25.3 Å². The van der Waals surface area contributed by atoms with E-state index in [1.54, 1.807) is 0 Å². The lowest BCUT2D eigenvalue weighted by Crippen LogP contribution is -2.46. The number of carbonyl (C=O) groups is 1. The molecule has 0 bridgehead atoms. The summed E-state index contributed by atoms with van der Waals surface area (Å²) >= 11 is 0. The predicted molar refractivity (Wildman–Crippen MR) is 83.4 cm³/mol. The van der Waals surface area contributed by atoms with Gasteiger partial charge in [0, 0.05) is 39.3 Å². The zero-order chi connectivity index (χ0) is 15.4. The van der Waals surface area contributed by atoms with Crippen molar-refractivity contribution >= 4 is 11.6 Å². The SMILES string of the molecule is CC(C)c1[nH]nc(C(=O)NCCN2CCN(C)CC2)c1N. The molecule has 1 aliphatic rings. The molecule has 2 rings (SSSR count). The Kier molecular flexibility index (Phi) is 5.19. The molecule has 1 aliphatic heterocycles. The fraction of sp³-hybridized carbons (Fsp3) is 0.714. The maximum absolute atomic E-state index is 12.1. The molecule has 0 saturated carbocycles. The Bertz CT molecular complexity index is 476. The smallest absolute Gasteiger partial charge is 0.273 e. The van der Waals surface area contributed by atoms with Crippen LogP contribution in [0.4, 0.5) is 5.69 Å². The van der Waals surface area contributed by atoms with Crippen LogP contribution in [0, 0.1) is 0 Å². The average Bonchev–Trinajstić information content (AvgIpc) is 2.83. The highest BCUT2D eigenvalue weighted by molar-refractivity contribution is 5.97. The van der Waals surface area contributed by atoms with Gasteiger partial charge in [-0.3, -0.25) is 14.8 Å². The van der Waals surface area contributed by atoms with Gasteiger partial charge in [0.2, 0.25) is 0 Å². The van der Waals surface area contributed by atoms with E-state index in [0.717, 1.165) is 38.4 Å². The molecule has 1 fully saturated rings. The Labute approximate surface area is 125 Å². The highest BCUT2D eigenvalue weighted by Crippen LogP contribution is 2.21. The molecule has 0 aliphatic carbocycles. The van der Waals surface area contributed by atoms with Crippen LogP contribution in [0.15, 0.2) is 0 Å². The summed E-state index contributed by atoms with van der Waals surface area (Å²) in [6.45, 7) is 9.77. The Morgan fingerprint density at radius 3 is 2.62 bits per heavy atom. The van der Waals surface area contributed by atoms with Crippen molar-refractivity contribution in [1.29, 1.82) is 0 Å². The predicted octanol–water partition coefficient (Wildman–Crippen LogP) is 0.0925. The fourth-order valence-corrected chi connectivity index (χ4v) is 2.46. The summed E-state index contributed by atoms with van der Waals surface area (Å²) in [6.07, 6.45) is 0. The second kappa shape index (κ2) is 6.91. The number of aromatic nitrogens is 2. The highest BCUT2D eigenvalue weighted by atomic mass is 16.1. The van der Waals surface area contributed by atoms with Crippen LogP contribution in [0.3, 0.4) is 0 Å². The lowest BCUT2D eigenvalue weighted by Gasteiger charge is -2.32. The largest absolute Gasteiger partial charge is 0.395 e. The molecule has 0 radical (unpaired) electrons. The zero-order valence-corrected chi connectivity index (χ0v) is 13.1. The molecule has 0 unspecified atom stereocenters. The van der Waals surface area contributed by atoms with Crippen molar-refractivity contribution < 1.29 is 4.79 Å². The summed E-state index contributed by atoms with van der Waals surface area (Å²) in [5, 5.41) is 9.77. The maximum Gasteiger partial charge on any atom is 0.273 e. The van der Waals surface area contributed by atoms with Crippen LogP contribution in [0.2, 0.25) is 0 Å². The highest BCUT2D eigenvalue weighted by Gasteiger charge is 2.19. The van der Waals surface area contributed by atoms with Crippen LogP contribution in [0.1, 0.15) is 35.9 Å². The van der Waals surface area contributed by atoms with Gasteiger partial charge >= 0.3 is 0 Å². The molecule has 7 heteroatoms. The molecule has 0 atom stereocenters. The van der Waals surface area contributed by atoms with E-state index in [9.17, 15) is 4.79 Å². The second-order valence-corrected chi connectivity index (χ2v) is 5.96. The van der Waals surface area contributed by atoms with Crippen LogP contribution in [-0.4, -0.2) is 72.2 Å². The van der Waals surface area contributed by atoms with E-state index in [1.165, 1.54) is 0 Å². The van der Waals surface area contributed by atoms with Crippen molar-refractivity contribution in [3.8, 4) is 0 Å². The zero-order valence-electron chi connectivity index (χ0n) is 13.1. The first kappa shape index (κ1) is 15.8. The first-order chi connectivity index (χ1) is 9.99. The molecule has 118 valence electrons. The number of nitrogens with one attached hydrogen (secondary N) is 2. The first-order valence-corrected chi connectivity index (χ1v) is 7.52. The van der Waals surface area contributed by atoms with Crippen LogP contribution >= 0.6 is 0 Å². The quantitative estimate of drug-likeness (QED) is 0.716. The summed E-state index contributed by atoms with van der Waals surface area (Å²) in [5.74, 6) is 0.0224. The van der Waals surface area contributed by atoms with E-state index in [-0.39, 0.29) is 11.8 Å². The number of nitrogens with zero attached hydrogens (tertiary/aromatic N) is 3. The minimum atomic E-state index is -0.204. The normalized spacial score (nSPS) is 17.3. The molecular weight excluding hydrogens is 268 g/mol. The standard InChI is InChI=1S/C14H26N6O/c1-10(2)12-11(15)13(18-17-12)14(21)16-4-5-20-8-6-19(3)7-9-20/h10H,4-9,15H2,1-3H3,(H,16,21)(H,17,18). The number of hydrogen-bond donors (Lipinski definition) is 3. The number of H-pyrrole nitrogens is 1. The molecule has 1 aromatic heterocycles. The van der Waals surface area contributed by atoms with Crippen LogP contribution in [0.5, 0.6) is 0 Å². The number of rotatable bonds is 5. The molecule has 2 heterocycles. The number of likely N-dealkylation sites (N-methyl/N-ethyl adjacent to an activating group) is 1. The fourth-order valence-electron chi connectivity index (χ4n) is 2.46. The number of aromatic amines is 1. The average molecular weight is 294 g/mol. The molecule has 7 nitrogen and oxygen atoms in total. The van der Waals surface area contributed by atoms with Gasteiger partial charge in [0.1, 0.15) is 0 Å². The summed E-state index contributed by atoms with van der Waals surface area (Å²) in [5.41, 5.74) is 7.55. The molecule has 21 heavy (non-hydrogen) atoms. The van der Waals surface area contributed by atoms with Gasteiger partial charge in [-0.2, -0.15) is 5.10 Å². The first-order valence-electron chi connectivity index (χ1n) is 7.52. The molecule has 1 aromatic rings. The number of nitrogen functional groups attached to an aromatic ring is 1. The number of amides is 1. The van der Waals surface area contributed by atoms with Crippen molar-refractivity contribution in [2.75, 3.05) is 52.0 Å². The summed E-state index contributed by atoms with van der Waals surface area (Å²) < 4.78 is 0. The lowest BCUT2D eigenvalue weighted by molar-refractivity contribution is 0.0937. The van der Waals surface area contributed by atoms with E-state index < -0.39 is 0 Å². The van der Waals surface area contributed by atoms with E-state index in [2.05, 4.69) is 32.4 Å². The van der Waals surface area contributed by atoms with Crippen molar-refractivity contribution in [2.24, 2.45) is 0 Å². The van der Waals surface area contributed by atoms with E-state index >= 15 is 0 Å². The molecule has 4 N–H and O–H groups in total. The number of anilines is 1. The third-order valence-electron chi connectivity index (χ3n) is 3.94. The van der Waals surface area contributed by atoms with Crippen LogP contribution in [0.25, 0.3) is 0 Å². The summed E-state index contributed by atoms with van der Waals surface area (Å²) in [4.78, 5) is 16.8. The summed E-state index contributed by atoms with van der Waals surface area (Å²) in [7, 11) is 2.13. The molecular formula is C14H26N6O. The Morgan fingerprint density at radius 2 is 2.05 bits per heavy atom. The van der Waals surface area contributed by atoms with E-state index in [4.69, 9.17) is 5.73 Å². The number of carbonyl (C=O) groups excluding carboxylic acids is 1. The van der Waals surface area contributed by atoms with Gasteiger partial charge in [-0.05, 0) is 13.0 Å². The topological polar surface area (TPSA) is 90.3 Å². The van der Waals surface area contributed by atoms with E-state index in [0.29, 0.717) is 17.9 Å². The lowest BCUT2D eigenvalue weighted by atomic mass is 10.1. The number of nitrogens with two attached hydrogens (primary N) is 1. The van der Waals surface area contributed by atoms with Gasteiger partial charge in [0.25, 0.3) is 5.91 Å². The van der Waals surface area contributed by atoms with Crippen molar-refractivity contribution in [3.05, 3.63) is 11.4 Å². The van der Waals surface area contributed by atoms with Gasteiger partial charge < -0.3 is 16.0 Å². The minimum Gasteiger partial charge on any atom is -0.395 e. The van der Waals surface area contributed by atoms with Gasteiger partial charge in [0.05, 0.1) is 11.4 Å². The van der Waals surface area contributed by atoms with E-state index in [1.807, 2.05) is 13.8 Å². The second-order valence-electron chi connectivity index (χ2n) is 5.96. The third kappa shape index (κ3) is 3.95. The van der Waals surface area contributed by atoms with Gasteiger partial charge in [-0.25, -0.2) is 0 Å². The van der Waals surface area contributed by atoms with Crippen LogP contribution < -0.4 is 11.1 Å². The molecule has 1 saturated heterocycles. The number of hydrogen-bond acceptors (Lipinski definition) is 5. The number of piperazine rings is 1. The monoisotopic (exact) mass is 294 g/mol. The maximum atomic E-state index is 12.1. The molecule has 1 amide bonds. The van der Waals surface area contributed by atoms with Crippen molar-refractivity contribution in [2.45, 2.75) is 19.8 Å². The minimum absolute atomic E-state index is 0.204.